The number of carbonyl (C=O) groups is 1. The molecule has 0 saturated heterocycles. The van der Waals surface area contributed by atoms with Gasteiger partial charge in [0.05, 0.1) is 23.1 Å². The van der Waals surface area contributed by atoms with E-state index in [0.29, 0.717) is 0 Å². The minimum atomic E-state index is 0.0225. The maximum absolute atomic E-state index is 13.0. The van der Waals surface area contributed by atoms with Crippen LogP contribution in [0.15, 0.2) is 30.6 Å². The van der Waals surface area contributed by atoms with Crippen molar-refractivity contribution in [3.8, 4) is 0 Å². The SMILES string of the molecule is O=C(C1CCc2nc[nH]c2C1)N1CCn2c1nc1ccccc12. The normalized spacial score (nSPS) is 19.8. The van der Waals surface area contributed by atoms with Gasteiger partial charge >= 0.3 is 0 Å². The molecule has 1 amide bonds. The minimum absolute atomic E-state index is 0.0225. The number of rotatable bonds is 1. The monoisotopic (exact) mass is 307 g/mol. The summed E-state index contributed by atoms with van der Waals surface area (Å²) in [4.78, 5) is 27.0. The molecule has 1 aliphatic carbocycles. The van der Waals surface area contributed by atoms with Gasteiger partial charge in [0.2, 0.25) is 11.9 Å². The summed E-state index contributed by atoms with van der Waals surface area (Å²) >= 11 is 0. The second-order valence-corrected chi connectivity index (χ2v) is 6.31. The molecule has 3 aromatic rings. The van der Waals surface area contributed by atoms with Gasteiger partial charge in [-0.2, -0.15) is 0 Å². The Morgan fingerprint density at radius 2 is 2.17 bits per heavy atom. The van der Waals surface area contributed by atoms with Crippen molar-refractivity contribution in [2.75, 3.05) is 11.4 Å². The van der Waals surface area contributed by atoms with Gasteiger partial charge in [-0.05, 0) is 25.0 Å². The number of nitrogens with one attached hydrogen (secondary N) is 1. The lowest BCUT2D eigenvalue weighted by Crippen LogP contribution is -2.37. The first-order valence-electron chi connectivity index (χ1n) is 8.09. The summed E-state index contributed by atoms with van der Waals surface area (Å²) < 4.78 is 2.15. The molecule has 0 fully saturated rings. The van der Waals surface area contributed by atoms with Crippen LogP contribution in [0.3, 0.4) is 0 Å². The molecule has 0 spiro atoms. The molecule has 116 valence electrons. The van der Waals surface area contributed by atoms with E-state index in [1.54, 1.807) is 6.33 Å². The number of imidazole rings is 2. The van der Waals surface area contributed by atoms with E-state index in [0.717, 1.165) is 60.7 Å². The highest BCUT2D eigenvalue weighted by Crippen LogP contribution is 2.31. The molecule has 0 radical (unpaired) electrons. The number of carbonyl (C=O) groups excluding carboxylic acids is 1. The van der Waals surface area contributed by atoms with Crippen LogP contribution >= 0.6 is 0 Å². The molecular formula is C17H17N5O. The van der Waals surface area contributed by atoms with Crippen molar-refractivity contribution in [3.63, 3.8) is 0 Å². The van der Waals surface area contributed by atoms with Gasteiger partial charge in [-0.15, -0.1) is 0 Å². The molecule has 5 rings (SSSR count). The van der Waals surface area contributed by atoms with Crippen LogP contribution in [0.25, 0.3) is 11.0 Å². The van der Waals surface area contributed by atoms with Crippen LogP contribution in [0.1, 0.15) is 17.8 Å². The smallest absolute Gasteiger partial charge is 0.232 e. The fraction of sp³-hybridized carbons (Fsp3) is 0.353. The van der Waals surface area contributed by atoms with E-state index in [4.69, 9.17) is 0 Å². The molecule has 2 aromatic heterocycles. The highest BCUT2D eigenvalue weighted by molar-refractivity contribution is 5.96. The summed E-state index contributed by atoms with van der Waals surface area (Å²) in [5.74, 6) is 1.01. The van der Waals surface area contributed by atoms with Gasteiger partial charge in [0.15, 0.2) is 0 Å². The quantitative estimate of drug-likeness (QED) is 0.747. The molecule has 1 N–H and O–H groups in total. The third-order valence-corrected chi connectivity index (χ3v) is 5.03. The molecule has 1 atom stereocenters. The molecule has 1 unspecified atom stereocenters. The maximum atomic E-state index is 13.0. The summed E-state index contributed by atoms with van der Waals surface area (Å²) in [5.41, 5.74) is 4.29. The second-order valence-electron chi connectivity index (χ2n) is 6.31. The highest BCUT2D eigenvalue weighted by Gasteiger charge is 2.34. The predicted molar refractivity (Wildman–Crippen MR) is 86.2 cm³/mol. The molecule has 6 heteroatoms. The van der Waals surface area contributed by atoms with Gasteiger partial charge in [-0.1, -0.05) is 12.1 Å². The average Bonchev–Trinajstić information content (AvgIpc) is 3.27. The van der Waals surface area contributed by atoms with Crippen LogP contribution in [-0.2, 0) is 24.2 Å². The number of hydrogen-bond acceptors (Lipinski definition) is 3. The van der Waals surface area contributed by atoms with Crippen molar-refractivity contribution in [2.24, 2.45) is 5.92 Å². The van der Waals surface area contributed by atoms with Gasteiger partial charge in [0.1, 0.15) is 0 Å². The summed E-state index contributed by atoms with van der Waals surface area (Å²) in [6.45, 7) is 1.54. The number of benzene rings is 1. The minimum Gasteiger partial charge on any atom is -0.348 e. The Kier molecular flexibility index (Phi) is 2.62. The second kappa shape index (κ2) is 4.68. The van der Waals surface area contributed by atoms with Crippen LogP contribution in [0.5, 0.6) is 0 Å². The lowest BCUT2D eigenvalue weighted by atomic mass is 9.89. The number of aromatic amines is 1. The molecule has 1 aliphatic heterocycles. The third-order valence-electron chi connectivity index (χ3n) is 5.03. The van der Waals surface area contributed by atoms with Crippen LogP contribution in [-0.4, -0.2) is 32.0 Å². The van der Waals surface area contributed by atoms with E-state index in [-0.39, 0.29) is 11.8 Å². The standard InChI is InChI=1S/C17H17N5O/c23-16(11-5-6-12-14(9-11)19-10-18-12)22-8-7-21-15-4-2-1-3-13(15)20-17(21)22/h1-4,10-11H,5-9H2,(H,18,19). The largest absolute Gasteiger partial charge is 0.348 e. The van der Waals surface area contributed by atoms with Gasteiger partial charge in [0, 0.05) is 31.1 Å². The summed E-state index contributed by atoms with van der Waals surface area (Å²) in [7, 11) is 0. The van der Waals surface area contributed by atoms with E-state index >= 15 is 0 Å². The summed E-state index contributed by atoms with van der Waals surface area (Å²) in [5, 5.41) is 0. The Morgan fingerprint density at radius 3 is 3.13 bits per heavy atom. The Hall–Kier alpha value is -2.63. The van der Waals surface area contributed by atoms with E-state index < -0.39 is 0 Å². The molecule has 0 bridgehead atoms. The zero-order valence-electron chi connectivity index (χ0n) is 12.7. The maximum Gasteiger partial charge on any atom is 0.232 e. The average molecular weight is 307 g/mol. The molecule has 2 aliphatic rings. The Bertz CT molecular complexity index is 909. The lowest BCUT2D eigenvalue weighted by molar-refractivity contribution is -0.122. The number of anilines is 1. The molecular weight excluding hydrogens is 290 g/mol. The van der Waals surface area contributed by atoms with Crippen molar-refractivity contribution in [3.05, 3.63) is 42.0 Å². The van der Waals surface area contributed by atoms with Crippen molar-refractivity contribution in [2.45, 2.75) is 25.8 Å². The molecule has 6 nitrogen and oxygen atoms in total. The number of para-hydroxylation sites is 2. The fourth-order valence-corrected chi connectivity index (χ4v) is 3.83. The van der Waals surface area contributed by atoms with E-state index in [9.17, 15) is 4.79 Å². The van der Waals surface area contributed by atoms with Gasteiger partial charge < -0.3 is 9.55 Å². The molecule has 3 heterocycles. The molecule has 0 saturated carbocycles. The van der Waals surface area contributed by atoms with Crippen LogP contribution in [0, 0.1) is 5.92 Å². The lowest BCUT2D eigenvalue weighted by Gasteiger charge is -2.24. The van der Waals surface area contributed by atoms with E-state index in [1.165, 1.54) is 0 Å². The number of aromatic nitrogens is 4. The Labute approximate surface area is 133 Å². The number of nitrogens with zero attached hydrogens (tertiary/aromatic N) is 4. The number of H-pyrrole nitrogens is 1. The summed E-state index contributed by atoms with van der Waals surface area (Å²) in [6, 6.07) is 8.07. The topological polar surface area (TPSA) is 66.8 Å². The van der Waals surface area contributed by atoms with Crippen LogP contribution in [0.4, 0.5) is 5.95 Å². The van der Waals surface area contributed by atoms with Gasteiger partial charge in [-0.25, -0.2) is 9.97 Å². The molecule has 23 heavy (non-hydrogen) atoms. The highest BCUT2D eigenvalue weighted by atomic mass is 16.2. The zero-order chi connectivity index (χ0) is 15.4. The van der Waals surface area contributed by atoms with Crippen LogP contribution in [0.2, 0.25) is 0 Å². The van der Waals surface area contributed by atoms with Crippen molar-refractivity contribution >= 4 is 22.9 Å². The number of aryl methyl sites for hydroxylation is 1. The van der Waals surface area contributed by atoms with Crippen LogP contribution < -0.4 is 4.90 Å². The Morgan fingerprint density at radius 1 is 1.26 bits per heavy atom. The van der Waals surface area contributed by atoms with E-state index in [2.05, 4.69) is 25.6 Å². The van der Waals surface area contributed by atoms with Gasteiger partial charge in [0.25, 0.3) is 0 Å². The first-order valence-corrected chi connectivity index (χ1v) is 8.09. The Balaban J connectivity index is 1.47. The van der Waals surface area contributed by atoms with E-state index in [1.807, 2.05) is 23.1 Å². The number of fused-ring (bicyclic) bond motifs is 4. The number of amides is 1. The fourth-order valence-electron chi connectivity index (χ4n) is 3.83. The van der Waals surface area contributed by atoms with Crippen molar-refractivity contribution < 1.29 is 4.79 Å². The van der Waals surface area contributed by atoms with Crippen molar-refractivity contribution in [1.29, 1.82) is 0 Å². The first-order chi connectivity index (χ1) is 11.3. The van der Waals surface area contributed by atoms with Crippen molar-refractivity contribution in [1.82, 2.24) is 19.5 Å². The predicted octanol–water partition coefficient (Wildman–Crippen LogP) is 1.91. The zero-order valence-corrected chi connectivity index (χ0v) is 12.7. The first kappa shape index (κ1) is 12.9. The number of hydrogen-bond donors (Lipinski definition) is 1. The third kappa shape index (κ3) is 1.84. The summed E-state index contributed by atoms with van der Waals surface area (Å²) in [6.07, 6.45) is 4.23. The molecule has 1 aromatic carbocycles. The van der Waals surface area contributed by atoms with Gasteiger partial charge in [-0.3, -0.25) is 9.69 Å².